The third kappa shape index (κ3) is 3.42. The highest BCUT2D eigenvalue weighted by Crippen LogP contribution is 2.32. The second-order valence-electron chi connectivity index (χ2n) is 6.81. The summed E-state index contributed by atoms with van der Waals surface area (Å²) < 4.78 is 7.17. The van der Waals surface area contributed by atoms with Crippen molar-refractivity contribution in [3.05, 3.63) is 50.6 Å². The molecule has 0 bridgehead atoms. The topological polar surface area (TPSA) is 73.2 Å². The Hall–Kier alpha value is -2.32. The van der Waals surface area contributed by atoms with Gasteiger partial charge in [0.05, 0.1) is 23.8 Å². The zero-order valence-electron chi connectivity index (χ0n) is 15.9. The molecule has 0 saturated carbocycles. The lowest BCUT2D eigenvalue weighted by atomic mass is 10.0. The smallest absolute Gasteiger partial charge is 0.262 e. The first-order valence-electron chi connectivity index (χ1n) is 9.06. The minimum Gasteiger partial charge on any atom is -0.493 e. The van der Waals surface area contributed by atoms with Crippen molar-refractivity contribution in [2.45, 2.75) is 31.5 Å². The highest BCUT2D eigenvalue weighted by molar-refractivity contribution is 7.99. The fourth-order valence-corrected chi connectivity index (χ4v) is 5.20. The van der Waals surface area contributed by atoms with Gasteiger partial charge in [-0.1, -0.05) is 30.0 Å². The number of para-hydroxylation sites is 1. The van der Waals surface area contributed by atoms with Crippen LogP contribution < -0.4 is 15.6 Å². The first-order valence-corrected chi connectivity index (χ1v) is 10.9. The number of carbonyl (C=O) groups is 1. The number of nitrogens with one attached hydrogen (secondary N) is 1. The van der Waals surface area contributed by atoms with Gasteiger partial charge in [0.15, 0.2) is 5.16 Å². The lowest BCUT2D eigenvalue weighted by molar-refractivity contribution is -0.119. The number of rotatable bonds is 4. The van der Waals surface area contributed by atoms with Crippen molar-refractivity contribution in [3.63, 3.8) is 0 Å². The van der Waals surface area contributed by atoms with Crippen molar-refractivity contribution in [1.82, 2.24) is 14.9 Å². The molecule has 0 aliphatic carbocycles. The molecule has 1 N–H and O–H groups in total. The number of fused-ring (bicyclic) bond motifs is 2. The van der Waals surface area contributed by atoms with E-state index in [2.05, 4.69) is 10.3 Å². The molecule has 146 valence electrons. The minimum absolute atomic E-state index is 0.0556. The van der Waals surface area contributed by atoms with Crippen molar-refractivity contribution < 1.29 is 9.53 Å². The van der Waals surface area contributed by atoms with Crippen LogP contribution in [0.2, 0.25) is 0 Å². The van der Waals surface area contributed by atoms with Gasteiger partial charge < -0.3 is 10.1 Å². The van der Waals surface area contributed by atoms with Gasteiger partial charge in [-0.05, 0) is 25.5 Å². The lowest BCUT2D eigenvalue weighted by Crippen LogP contribution is -2.33. The van der Waals surface area contributed by atoms with E-state index in [1.165, 1.54) is 27.7 Å². The third-order valence-corrected chi connectivity index (χ3v) is 7.13. The van der Waals surface area contributed by atoms with Gasteiger partial charge in [-0.25, -0.2) is 4.98 Å². The van der Waals surface area contributed by atoms with E-state index in [0.717, 1.165) is 33.0 Å². The fourth-order valence-electron chi connectivity index (χ4n) is 3.34. The van der Waals surface area contributed by atoms with Crippen LogP contribution in [-0.4, -0.2) is 27.8 Å². The second kappa shape index (κ2) is 7.60. The lowest BCUT2D eigenvalue weighted by Gasteiger charge is -2.26. The van der Waals surface area contributed by atoms with Crippen LogP contribution in [0, 0.1) is 13.8 Å². The summed E-state index contributed by atoms with van der Waals surface area (Å²) in [5.41, 5.74) is 1.93. The van der Waals surface area contributed by atoms with Gasteiger partial charge in [0.25, 0.3) is 5.56 Å². The van der Waals surface area contributed by atoms with Crippen LogP contribution in [0.15, 0.2) is 34.2 Å². The SMILES string of the molecule is Cc1sc2nc(SCC(=O)NC3CCOc4ccccc43)n(C)c(=O)c2c1C. The van der Waals surface area contributed by atoms with E-state index in [1.807, 2.05) is 38.1 Å². The van der Waals surface area contributed by atoms with Crippen LogP contribution in [0.1, 0.15) is 28.5 Å². The van der Waals surface area contributed by atoms with Gasteiger partial charge >= 0.3 is 0 Å². The molecule has 1 atom stereocenters. The van der Waals surface area contributed by atoms with Crippen LogP contribution in [0.5, 0.6) is 5.75 Å². The third-order valence-electron chi connectivity index (χ3n) is 5.00. The van der Waals surface area contributed by atoms with Crippen molar-refractivity contribution in [1.29, 1.82) is 0 Å². The highest BCUT2D eigenvalue weighted by Gasteiger charge is 2.23. The molecular weight excluding hydrogens is 394 g/mol. The summed E-state index contributed by atoms with van der Waals surface area (Å²) in [6.07, 6.45) is 0.740. The maximum Gasteiger partial charge on any atom is 0.262 e. The number of thiophene rings is 1. The monoisotopic (exact) mass is 415 g/mol. The molecule has 6 nitrogen and oxygen atoms in total. The molecule has 1 unspecified atom stereocenters. The van der Waals surface area contributed by atoms with Gasteiger partial charge in [-0.2, -0.15) is 0 Å². The summed E-state index contributed by atoms with van der Waals surface area (Å²) in [7, 11) is 1.70. The number of amides is 1. The van der Waals surface area contributed by atoms with E-state index in [4.69, 9.17) is 4.74 Å². The molecule has 3 aromatic rings. The zero-order chi connectivity index (χ0) is 19.8. The molecular formula is C20H21N3O3S2. The number of hydrogen-bond donors (Lipinski definition) is 1. The Balaban J connectivity index is 1.49. The summed E-state index contributed by atoms with van der Waals surface area (Å²) >= 11 is 2.80. The number of benzene rings is 1. The number of aromatic nitrogens is 2. The predicted molar refractivity (Wildman–Crippen MR) is 112 cm³/mol. The zero-order valence-corrected chi connectivity index (χ0v) is 17.6. The average molecular weight is 416 g/mol. The standard InChI is InChI=1S/C20H21N3O3S2/c1-11-12(2)28-18-17(11)19(25)23(3)20(22-18)27-10-16(24)21-14-8-9-26-15-7-5-4-6-13(14)15/h4-7,14H,8-10H2,1-3H3,(H,21,24). The number of hydrogen-bond acceptors (Lipinski definition) is 6. The Morgan fingerprint density at radius 3 is 3.00 bits per heavy atom. The summed E-state index contributed by atoms with van der Waals surface area (Å²) in [4.78, 5) is 31.7. The first-order chi connectivity index (χ1) is 13.5. The second-order valence-corrected chi connectivity index (χ2v) is 8.95. The van der Waals surface area contributed by atoms with E-state index >= 15 is 0 Å². The molecule has 0 fully saturated rings. The number of nitrogens with zero attached hydrogens (tertiary/aromatic N) is 2. The van der Waals surface area contributed by atoms with Gasteiger partial charge in [0.1, 0.15) is 10.6 Å². The number of carbonyl (C=O) groups excluding carboxylic acids is 1. The van der Waals surface area contributed by atoms with Gasteiger partial charge in [-0.15, -0.1) is 11.3 Å². The van der Waals surface area contributed by atoms with Crippen LogP contribution in [-0.2, 0) is 11.8 Å². The molecule has 28 heavy (non-hydrogen) atoms. The van der Waals surface area contributed by atoms with Crippen molar-refractivity contribution in [2.24, 2.45) is 7.05 Å². The number of thioether (sulfide) groups is 1. The normalized spacial score (nSPS) is 15.9. The minimum atomic E-state index is -0.0837. The predicted octanol–water partition coefficient (Wildman–Crippen LogP) is 3.34. The van der Waals surface area contributed by atoms with Crippen molar-refractivity contribution in [2.75, 3.05) is 12.4 Å². The molecule has 0 saturated heterocycles. The van der Waals surface area contributed by atoms with Gasteiger partial charge in [-0.3, -0.25) is 14.2 Å². The molecule has 1 aliphatic rings. The van der Waals surface area contributed by atoms with E-state index in [9.17, 15) is 9.59 Å². The Morgan fingerprint density at radius 1 is 1.39 bits per heavy atom. The van der Waals surface area contributed by atoms with Gasteiger partial charge in [0.2, 0.25) is 5.91 Å². The Labute approximate surface area is 170 Å². The quantitative estimate of drug-likeness (QED) is 0.523. The highest BCUT2D eigenvalue weighted by atomic mass is 32.2. The molecule has 1 amide bonds. The molecule has 2 aromatic heterocycles. The molecule has 3 heterocycles. The molecule has 0 spiro atoms. The van der Waals surface area contributed by atoms with Gasteiger partial charge in [0, 0.05) is 23.9 Å². The summed E-state index contributed by atoms with van der Waals surface area (Å²) in [5, 5.41) is 4.31. The van der Waals surface area contributed by atoms with Crippen molar-refractivity contribution in [3.8, 4) is 5.75 Å². The van der Waals surface area contributed by atoms with Crippen molar-refractivity contribution >= 4 is 39.2 Å². The summed E-state index contributed by atoms with van der Waals surface area (Å²) in [6, 6.07) is 7.71. The molecule has 8 heteroatoms. The number of ether oxygens (including phenoxy) is 1. The van der Waals surface area contributed by atoms with Crippen LogP contribution >= 0.6 is 23.1 Å². The summed E-state index contributed by atoms with van der Waals surface area (Å²) in [5.74, 6) is 0.943. The van der Waals surface area contributed by atoms with Crippen LogP contribution in [0.25, 0.3) is 10.2 Å². The Kier molecular flexibility index (Phi) is 5.16. The molecule has 0 radical (unpaired) electrons. The Morgan fingerprint density at radius 2 is 2.18 bits per heavy atom. The maximum atomic E-state index is 12.7. The van der Waals surface area contributed by atoms with E-state index in [0.29, 0.717) is 17.1 Å². The van der Waals surface area contributed by atoms with E-state index < -0.39 is 0 Å². The van der Waals surface area contributed by atoms with E-state index in [1.54, 1.807) is 7.05 Å². The largest absolute Gasteiger partial charge is 0.493 e. The van der Waals surface area contributed by atoms with Crippen LogP contribution in [0.4, 0.5) is 0 Å². The first kappa shape index (κ1) is 19.0. The molecule has 1 aromatic carbocycles. The maximum absolute atomic E-state index is 12.7. The van der Waals surface area contributed by atoms with E-state index in [-0.39, 0.29) is 23.3 Å². The average Bonchev–Trinajstić information content (AvgIpc) is 2.97. The molecule has 4 rings (SSSR count). The molecule has 1 aliphatic heterocycles. The summed E-state index contributed by atoms with van der Waals surface area (Å²) in [6.45, 7) is 4.52. The Bertz CT molecular complexity index is 1120. The number of aryl methyl sites for hydroxylation is 2. The van der Waals surface area contributed by atoms with Crippen LogP contribution in [0.3, 0.4) is 0 Å². The fraction of sp³-hybridized carbons (Fsp3) is 0.350.